The highest BCUT2D eigenvalue weighted by Gasteiger charge is 2.34. The molecule has 1 aromatic rings. The average Bonchev–Trinajstić information content (AvgIpc) is 2.87. The fourth-order valence-corrected chi connectivity index (χ4v) is 2.42. The molecule has 0 saturated carbocycles. The largest absolute Gasteiger partial charge is 0.493 e. The molecule has 1 atom stereocenters. The van der Waals surface area contributed by atoms with Crippen molar-refractivity contribution in [1.82, 2.24) is 4.90 Å². The third kappa shape index (κ3) is 4.23. The van der Waals surface area contributed by atoms with E-state index in [4.69, 9.17) is 9.47 Å². The highest BCUT2D eigenvalue weighted by molar-refractivity contribution is 5.86. The molecule has 22 heavy (non-hydrogen) atoms. The fraction of sp³-hybridized carbons (Fsp3) is 0.529. The summed E-state index contributed by atoms with van der Waals surface area (Å²) in [5.74, 6) is 0.657. The van der Waals surface area contributed by atoms with Crippen LogP contribution in [0.1, 0.15) is 25.8 Å². The Kier molecular flexibility index (Phi) is 5.41. The van der Waals surface area contributed by atoms with Gasteiger partial charge in [0.1, 0.15) is 5.75 Å². The Morgan fingerprint density at radius 1 is 1.32 bits per heavy atom. The zero-order valence-corrected chi connectivity index (χ0v) is 13.4. The fourth-order valence-electron chi connectivity index (χ4n) is 2.42. The Morgan fingerprint density at radius 3 is 2.59 bits per heavy atom. The van der Waals surface area contributed by atoms with Crippen molar-refractivity contribution in [2.24, 2.45) is 11.8 Å². The number of rotatable bonds is 6. The van der Waals surface area contributed by atoms with E-state index >= 15 is 0 Å². The van der Waals surface area contributed by atoms with Crippen LogP contribution in [0.25, 0.3) is 0 Å². The van der Waals surface area contributed by atoms with Crippen LogP contribution >= 0.6 is 0 Å². The van der Waals surface area contributed by atoms with Gasteiger partial charge in [0.25, 0.3) is 0 Å². The molecule has 1 amide bonds. The molecule has 0 aliphatic carbocycles. The molecule has 0 radical (unpaired) electrons. The van der Waals surface area contributed by atoms with Crippen molar-refractivity contribution in [3.05, 3.63) is 29.8 Å². The summed E-state index contributed by atoms with van der Waals surface area (Å²) in [6.45, 7) is 5.83. The van der Waals surface area contributed by atoms with E-state index in [1.54, 1.807) is 4.90 Å². The van der Waals surface area contributed by atoms with Crippen LogP contribution in [0.15, 0.2) is 24.3 Å². The minimum atomic E-state index is -0.342. The Morgan fingerprint density at radius 2 is 2.00 bits per heavy atom. The normalized spacial score (nSPS) is 17.9. The lowest BCUT2D eigenvalue weighted by Crippen LogP contribution is -2.26. The van der Waals surface area contributed by atoms with Gasteiger partial charge in [0.15, 0.2) is 0 Å². The Labute approximate surface area is 131 Å². The van der Waals surface area contributed by atoms with E-state index in [9.17, 15) is 9.59 Å². The maximum atomic E-state index is 11.9. The summed E-state index contributed by atoms with van der Waals surface area (Å²) >= 11 is 0. The maximum Gasteiger partial charge on any atom is 0.310 e. The van der Waals surface area contributed by atoms with Gasteiger partial charge in [0.2, 0.25) is 5.91 Å². The summed E-state index contributed by atoms with van der Waals surface area (Å²) < 4.78 is 10.3. The molecule has 1 aromatic carbocycles. The molecule has 2 rings (SSSR count). The lowest BCUT2D eigenvalue weighted by atomic mass is 10.1. The highest BCUT2D eigenvalue weighted by Crippen LogP contribution is 2.22. The second-order valence-electron chi connectivity index (χ2n) is 6.05. The molecular weight excluding hydrogens is 282 g/mol. The molecule has 1 aliphatic heterocycles. The average molecular weight is 305 g/mol. The minimum Gasteiger partial charge on any atom is -0.493 e. The third-order valence-corrected chi connectivity index (χ3v) is 3.63. The Hall–Kier alpha value is -2.04. The molecule has 0 N–H and O–H groups in total. The van der Waals surface area contributed by atoms with Gasteiger partial charge < -0.3 is 14.4 Å². The second kappa shape index (κ2) is 7.29. The van der Waals surface area contributed by atoms with Crippen LogP contribution < -0.4 is 4.74 Å². The molecule has 0 spiro atoms. The van der Waals surface area contributed by atoms with E-state index in [1.807, 2.05) is 24.3 Å². The molecular formula is C17H23NO4. The van der Waals surface area contributed by atoms with Gasteiger partial charge in [0.05, 0.1) is 19.6 Å². The predicted molar refractivity (Wildman–Crippen MR) is 82.3 cm³/mol. The van der Waals surface area contributed by atoms with Crippen LogP contribution in [0, 0.1) is 11.8 Å². The van der Waals surface area contributed by atoms with Crippen LogP contribution in [-0.4, -0.2) is 37.0 Å². The van der Waals surface area contributed by atoms with Gasteiger partial charge in [-0.15, -0.1) is 0 Å². The van der Waals surface area contributed by atoms with Gasteiger partial charge in [-0.25, -0.2) is 0 Å². The molecule has 1 heterocycles. The number of carbonyl (C=O) groups excluding carboxylic acids is 2. The number of amides is 1. The Bertz CT molecular complexity index is 524. The van der Waals surface area contributed by atoms with Crippen LogP contribution in [0.4, 0.5) is 0 Å². The molecule has 5 nitrogen and oxygen atoms in total. The van der Waals surface area contributed by atoms with E-state index in [1.165, 1.54) is 7.11 Å². The molecule has 5 heteroatoms. The van der Waals surface area contributed by atoms with Gasteiger partial charge in [-0.3, -0.25) is 9.59 Å². The van der Waals surface area contributed by atoms with Gasteiger partial charge >= 0.3 is 5.97 Å². The minimum absolute atomic E-state index is 0.00413. The van der Waals surface area contributed by atoms with Gasteiger partial charge in [-0.05, 0) is 23.6 Å². The van der Waals surface area contributed by atoms with E-state index in [0.29, 0.717) is 25.6 Å². The topological polar surface area (TPSA) is 55.8 Å². The van der Waals surface area contributed by atoms with Gasteiger partial charge in [-0.1, -0.05) is 26.0 Å². The first-order valence-corrected chi connectivity index (χ1v) is 7.57. The first kappa shape index (κ1) is 16.3. The Balaban J connectivity index is 1.91. The summed E-state index contributed by atoms with van der Waals surface area (Å²) in [6, 6.07) is 7.73. The second-order valence-corrected chi connectivity index (χ2v) is 6.05. The number of benzene rings is 1. The van der Waals surface area contributed by atoms with E-state index in [0.717, 1.165) is 11.3 Å². The number of nitrogens with zero attached hydrogens (tertiary/aromatic N) is 1. The zero-order chi connectivity index (χ0) is 16.1. The summed E-state index contributed by atoms with van der Waals surface area (Å²) in [5, 5.41) is 0. The van der Waals surface area contributed by atoms with Crippen molar-refractivity contribution in [2.75, 3.05) is 20.3 Å². The van der Waals surface area contributed by atoms with Crippen molar-refractivity contribution < 1.29 is 19.1 Å². The quantitative estimate of drug-likeness (QED) is 0.756. The summed E-state index contributed by atoms with van der Waals surface area (Å²) in [5.41, 5.74) is 1.02. The lowest BCUT2D eigenvalue weighted by Gasteiger charge is -2.16. The van der Waals surface area contributed by atoms with E-state index < -0.39 is 0 Å². The van der Waals surface area contributed by atoms with Crippen LogP contribution in [0.2, 0.25) is 0 Å². The van der Waals surface area contributed by atoms with Crippen molar-refractivity contribution in [3.63, 3.8) is 0 Å². The summed E-state index contributed by atoms with van der Waals surface area (Å²) in [4.78, 5) is 25.2. The predicted octanol–water partition coefficient (Wildman–Crippen LogP) is 2.24. The highest BCUT2D eigenvalue weighted by atomic mass is 16.5. The number of hydrogen-bond acceptors (Lipinski definition) is 4. The SMILES string of the molecule is COC(=O)C1CC(=O)N(Cc2ccc(OCC(C)C)cc2)C1. The van der Waals surface area contributed by atoms with Crippen molar-refractivity contribution in [1.29, 1.82) is 0 Å². The maximum absolute atomic E-state index is 11.9. The number of hydrogen-bond donors (Lipinski definition) is 0. The molecule has 1 saturated heterocycles. The molecule has 120 valence electrons. The first-order chi connectivity index (χ1) is 10.5. The van der Waals surface area contributed by atoms with Crippen LogP contribution in [0.5, 0.6) is 5.75 Å². The molecule has 1 fully saturated rings. The smallest absolute Gasteiger partial charge is 0.310 e. The molecule has 1 unspecified atom stereocenters. The van der Waals surface area contributed by atoms with Crippen LogP contribution in [0.3, 0.4) is 0 Å². The number of likely N-dealkylation sites (tertiary alicyclic amines) is 1. The molecule has 1 aliphatic rings. The van der Waals surface area contributed by atoms with Crippen molar-refractivity contribution >= 4 is 11.9 Å². The van der Waals surface area contributed by atoms with Crippen LogP contribution in [-0.2, 0) is 20.9 Å². The third-order valence-electron chi connectivity index (χ3n) is 3.63. The first-order valence-electron chi connectivity index (χ1n) is 7.57. The van der Waals surface area contributed by atoms with Gasteiger partial charge in [-0.2, -0.15) is 0 Å². The summed E-state index contributed by atoms with van der Waals surface area (Å²) in [6.07, 6.45) is 0.238. The number of esters is 1. The van der Waals surface area contributed by atoms with Gasteiger partial charge in [0, 0.05) is 19.5 Å². The lowest BCUT2D eigenvalue weighted by molar-refractivity contribution is -0.145. The van der Waals surface area contributed by atoms with Crippen molar-refractivity contribution in [2.45, 2.75) is 26.8 Å². The van der Waals surface area contributed by atoms with E-state index in [-0.39, 0.29) is 24.2 Å². The molecule has 0 bridgehead atoms. The molecule has 0 aromatic heterocycles. The summed E-state index contributed by atoms with van der Waals surface area (Å²) in [7, 11) is 1.35. The zero-order valence-electron chi connectivity index (χ0n) is 13.4. The van der Waals surface area contributed by atoms with Crippen molar-refractivity contribution in [3.8, 4) is 5.75 Å². The number of carbonyl (C=O) groups is 2. The number of methoxy groups -OCH3 is 1. The number of ether oxygens (including phenoxy) is 2. The van der Waals surface area contributed by atoms with E-state index in [2.05, 4.69) is 13.8 Å². The standard InChI is InChI=1S/C17H23NO4/c1-12(2)11-22-15-6-4-13(5-7-15)9-18-10-14(8-16(18)19)17(20)21-3/h4-7,12,14H,8-11H2,1-3H3. The monoisotopic (exact) mass is 305 g/mol.